The summed E-state index contributed by atoms with van der Waals surface area (Å²) in [6.45, 7) is 11.6. The van der Waals surface area contributed by atoms with Crippen LogP contribution < -0.4 is 10.6 Å². The number of aryl methyl sites for hydroxylation is 1. The molecule has 0 saturated carbocycles. The highest BCUT2D eigenvalue weighted by molar-refractivity contribution is 7.80. The predicted octanol–water partition coefficient (Wildman–Crippen LogP) is 1.20. The lowest BCUT2D eigenvalue weighted by Gasteiger charge is -2.35. The third-order valence-electron chi connectivity index (χ3n) is 3.37. The van der Waals surface area contributed by atoms with Gasteiger partial charge in [-0.1, -0.05) is 26.1 Å². The SMILES string of the molecule is Cc1cc(C(N)=S)nc(N2CCN(CC(C)C)CC2)n1. The lowest BCUT2D eigenvalue weighted by Crippen LogP contribution is -2.48. The van der Waals surface area contributed by atoms with Crippen LogP contribution in [0.15, 0.2) is 6.07 Å². The van der Waals surface area contributed by atoms with Crippen LogP contribution in [0.5, 0.6) is 0 Å². The Kier molecular flexibility index (Phi) is 4.88. The molecule has 2 N–H and O–H groups in total. The zero-order valence-electron chi connectivity index (χ0n) is 12.5. The highest BCUT2D eigenvalue weighted by Gasteiger charge is 2.20. The second-order valence-electron chi connectivity index (χ2n) is 5.74. The molecule has 0 spiro atoms. The molecule has 2 rings (SSSR count). The van der Waals surface area contributed by atoms with Crippen molar-refractivity contribution in [3.63, 3.8) is 0 Å². The molecule has 1 fully saturated rings. The molecule has 0 aromatic carbocycles. The zero-order valence-corrected chi connectivity index (χ0v) is 13.3. The van der Waals surface area contributed by atoms with Crippen LogP contribution >= 0.6 is 12.2 Å². The van der Waals surface area contributed by atoms with Crippen LogP contribution in [0.3, 0.4) is 0 Å². The Bertz CT molecular complexity index is 480. The van der Waals surface area contributed by atoms with Gasteiger partial charge in [0, 0.05) is 38.4 Å². The Morgan fingerprint density at radius 2 is 1.95 bits per heavy atom. The highest BCUT2D eigenvalue weighted by atomic mass is 32.1. The van der Waals surface area contributed by atoms with E-state index in [0.717, 1.165) is 44.4 Å². The summed E-state index contributed by atoms with van der Waals surface area (Å²) in [4.78, 5) is 14.0. The first-order valence-electron chi connectivity index (χ1n) is 7.08. The Morgan fingerprint density at radius 1 is 1.30 bits per heavy atom. The van der Waals surface area contributed by atoms with Crippen LogP contribution in [-0.4, -0.2) is 52.6 Å². The van der Waals surface area contributed by atoms with Crippen molar-refractivity contribution >= 4 is 23.2 Å². The molecule has 0 aliphatic carbocycles. The normalized spacial score (nSPS) is 16.7. The van der Waals surface area contributed by atoms with E-state index in [1.54, 1.807) is 0 Å². The molecule has 0 radical (unpaired) electrons. The minimum atomic E-state index is 0.329. The van der Waals surface area contributed by atoms with Gasteiger partial charge in [-0.3, -0.25) is 4.90 Å². The fourth-order valence-electron chi connectivity index (χ4n) is 2.47. The first kappa shape index (κ1) is 15.1. The molecular weight excluding hydrogens is 270 g/mol. The molecule has 2 heterocycles. The number of nitrogens with two attached hydrogens (primary N) is 1. The van der Waals surface area contributed by atoms with Crippen molar-refractivity contribution in [2.45, 2.75) is 20.8 Å². The van der Waals surface area contributed by atoms with Gasteiger partial charge in [-0.05, 0) is 18.9 Å². The summed E-state index contributed by atoms with van der Waals surface area (Å²) in [6, 6.07) is 1.83. The van der Waals surface area contributed by atoms with Gasteiger partial charge >= 0.3 is 0 Å². The van der Waals surface area contributed by atoms with E-state index in [0.29, 0.717) is 16.6 Å². The maximum Gasteiger partial charge on any atom is 0.226 e. The average molecular weight is 293 g/mol. The number of nitrogens with zero attached hydrogens (tertiary/aromatic N) is 4. The van der Waals surface area contributed by atoms with E-state index in [4.69, 9.17) is 18.0 Å². The molecule has 110 valence electrons. The lowest BCUT2D eigenvalue weighted by atomic mass is 10.2. The topological polar surface area (TPSA) is 58.3 Å². The van der Waals surface area contributed by atoms with Gasteiger partial charge in [-0.25, -0.2) is 9.97 Å². The molecule has 6 heteroatoms. The maximum absolute atomic E-state index is 5.67. The molecule has 0 amide bonds. The molecule has 0 atom stereocenters. The quantitative estimate of drug-likeness (QED) is 0.842. The second-order valence-corrected chi connectivity index (χ2v) is 6.18. The first-order valence-corrected chi connectivity index (χ1v) is 7.49. The van der Waals surface area contributed by atoms with Crippen molar-refractivity contribution in [3.05, 3.63) is 17.5 Å². The van der Waals surface area contributed by atoms with Gasteiger partial charge in [0.05, 0.1) is 0 Å². The number of thiocarbonyl (C=S) groups is 1. The first-order chi connectivity index (χ1) is 9.45. The van der Waals surface area contributed by atoms with Crippen molar-refractivity contribution in [1.29, 1.82) is 0 Å². The molecule has 0 unspecified atom stereocenters. The van der Waals surface area contributed by atoms with E-state index in [9.17, 15) is 0 Å². The van der Waals surface area contributed by atoms with Gasteiger partial charge in [0.2, 0.25) is 5.95 Å². The van der Waals surface area contributed by atoms with Gasteiger partial charge in [0.1, 0.15) is 10.7 Å². The highest BCUT2D eigenvalue weighted by Crippen LogP contribution is 2.14. The molecule has 20 heavy (non-hydrogen) atoms. The monoisotopic (exact) mass is 293 g/mol. The zero-order chi connectivity index (χ0) is 14.7. The van der Waals surface area contributed by atoms with Gasteiger partial charge in [0.25, 0.3) is 0 Å². The van der Waals surface area contributed by atoms with Crippen LogP contribution in [-0.2, 0) is 0 Å². The molecular formula is C14H23N5S. The Labute approximate surface area is 126 Å². The van der Waals surface area contributed by atoms with Crippen LogP contribution in [0.2, 0.25) is 0 Å². The van der Waals surface area contributed by atoms with Crippen LogP contribution in [0.1, 0.15) is 25.2 Å². The fourth-order valence-corrected chi connectivity index (χ4v) is 2.57. The molecule has 1 aromatic heterocycles. The lowest BCUT2D eigenvalue weighted by molar-refractivity contribution is 0.230. The Balaban J connectivity index is 2.05. The number of rotatable bonds is 4. The van der Waals surface area contributed by atoms with Crippen LogP contribution in [0.4, 0.5) is 5.95 Å². The summed E-state index contributed by atoms with van der Waals surface area (Å²) < 4.78 is 0. The number of anilines is 1. The largest absolute Gasteiger partial charge is 0.388 e. The van der Waals surface area contributed by atoms with Crippen molar-refractivity contribution in [2.75, 3.05) is 37.6 Å². The Morgan fingerprint density at radius 3 is 2.50 bits per heavy atom. The number of hydrogen-bond donors (Lipinski definition) is 1. The summed E-state index contributed by atoms with van der Waals surface area (Å²) >= 11 is 5.01. The smallest absolute Gasteiger partial charge is 0.226 e. The standard InChI is InChI=1S/C14H23N5S/c1-10(2)9-18-4-6-19(7-5-18)14-16-11(3)8-12(17-14)13(15)20/h8,10H,4-7,9H2,1-3H3,(H2,15,20). The van der Waals surface area contributed by atoms with E-state index in [1.807, 2.05) is 13.0 Å². The number of aromatic nitrogens is 2. The number of hydrogen-bond acceptors (Lipinski definition) is 5. The summed E-state index contributed by atoms with van der Waals surface area (Å²) in [5.74, 6) is 1.45. The van der Waals surface area contributed by atoms with E-state index in [2.05, 4.69) is 33.6 Å². The molecule has 1 aromatic rings. The van der Waals surface area contributed by atoms with Gasteiger partial charge < -0.3 is 10.6 Å². The maximum atomic E-state index is 5.67. The van der Waals surface area contributed by atoms with Crippen LogP contribution in [0, 0.1) is 12.8 Å². The minimum absolute atomic E-state index is 0.329. The van der Waals surface area contributed by atoms with E-state index < -0.39 is 0 Å². The molecule has 1 saturated heterocycles. The fraction of sp³-hybridized carbons (Fsp3) is 0.643. The third-order valence-corrected chi connectivity index (χ3v) is 3.58. The minimum Gasteiger partial charge on any atom is -0.388 e. The predicted molar refractivity (Wildman–Crippen MR) is 86.1 cm³/mol. The summed E-state index contributed by atoms with van der Waals surface area (Å²) in [5.41, 5.74) is 7.24. The van der Waals surface area contributed by atoms with Gasteiger partial charge in [-0.15, -0.1) is 0 Å². The molecule has 1 aliphatic heterocycles. The van der Waals surface area contributed by atoms with E-state index >= 15 is 0 Å². The van der Waals surface area contributed by atoms with Crippen molar-refractivity contribution in [2.24, 2.45) is 11.7 Å². The van der Waals surface area contributed by atoms with E-state index in [1.165, 1.54) is 0 Å². The number of piperazine rings is 1. The summed E-state index contributed by atoms with van der Waals surface area (Å²) in [6.07, 6.45) is 0. The van der Waals surface area contributed by atoms with Crippen LogP contribution in [0.25, 0.3) is 0 Å². The third kappa shape index (κ3) is 3.86. The average Bonchev–Trinajstić information content (AvgIpc) is 2.38. The molecule has 0 bridgehead atoms. The van der Waals surface area contributed by atoms with E-state index in [-0.39, 0.29) is 0 Å². The van der Waals surface area contributed by atoms with Crippen molar-refractivity contribution < 1.29 is 0 Å². The van der Waals surface area contributed by atoms with Gasteiger partial charge in [0.15, 0.2) is 0 Å². The Hall–Kier alpha value is -1.27. The summed E-state index contributed by atoms with van der Waals surface area (Å²) in [7, 11) is 0. The molecule has 5 nitrogen and oxygen atoms in total. The summed E-state index contributed by atoms with van der Waals surface area (Å²) in [5, 5.41) is 0. The molecule has 1 aliphatic rings. The van der Waals surface area contributed by atoms with Crippen molar-refractivity contribution in [1.82, 2.24) is 14.9 Å². The van der Waals surface area contributed by atoms with Gasteiger partial charge in [-0.2, -0.15) is 0 Å². The second kappa shape index (κ2) is 6.45. The van der Waals surface area contributed by atoms with Crippen molar-refractivity contribution in [3.8, 4) is 0 Å².